The summed E-state index contributed by atoms with van der Waals surface area (Å²) in [5, 5.41) is 14.7. The molecule has 3 unspecified atom stereocenters. The number of imide groups is 2. The first-order valence-corrected chi connectivity index (χ1v) is 28.1. The second kappa shape index (κ2) is 20.3. The topological polar surface area (TPSA) is 257 Å². The van der Waals surface area contributed by atoms with Crippen molar-refractivity contribution in [2.75, 3.05) is 66.4 Å². The highest BCUT2D eigenvalue weighted by atomic mass is 31.2. The van der Waals surface area contributed by atoms with E-state index < -0.39 is 49.8 Å². The molecule has 5 aromatic rings. The van der Waals surface area contributed by atoms with Crippen molar-refractivity contribution >= 4 is 66.1 Å². The summed E-state index contributed by atoms with van der Waals surface area (Å²) in [5.41, 5.74) is 7.86. The summed E-state index contributed by atoms with van der Waals surface area (Å²) >= 11 is 0. The molecule has 22 nitrogen and oxygen atoms in total. The Bertz CT molecular complexity index is 3300. The lowest BCUT2D eigenvalue weighted by Gasteiger charge is -2.46. The van der Waals surface area contributed by atoms with Gasteiger partial charge in [-0.3, -0.25) is 48.1 Å². The number of aromatic nitrogens is 4. The third-order valence-corrected chi connectivity index (χ3v) is 16.8. The molecule has 23 heteroatoms. The minimum atomic E-state index is -5.06. The van der Waals surface area contributed by atoms with Gasteiger partial charge >= 0.3 is 7.82 Å². The van der Waals surface area contributed by atoms with Crippen molar-refractivity contribution in [3.05, 3.63) is 101 Å². The number of piperazine rings is 1. The van der Waals surface area contributed by atoms with Crippen LogP contribution in [0.1, 0.15) is 114 Å². The highest BCUT2D eigenvalue weighted by Gasteiger charge is 2.49. The largest absolute Gasteiger partial charge is 0.480 e. The van der Waals surface area contributed by atoms with Gasteiger partial charge in [0.1, 0.15) is 35.3 Å². The van der Waals surface area contributed by atoms with Crippen LogP contribution in [0.4, 0.5) is 28.7 Å². The number of hydrogen-bond acceptors (Lipinski definition) is 16. The summed E-state index contributed by atoms with van der Waals surface area (Å²) < 4.78 is 23.9. The Labute approximate surface area is 451 Å². The van der Waals surface area contributed by atoms with Crippen LogP contribution < -0.4 is 24.8 Å². The van der Waals surface area contributed by atoms with Gasteiger partial charge in [-0.05, 0) is 118 Å². The molecular formula is C55H64N11O11P. The van der Waals surface area contributed by atoms with Crippen molar-refractivity contribution in [1.82, 2.24) is 34.2 Å². The zero-order chi connectivity index (χ0) is 55.1. The normalized spacial score (nSPS) is 21.8. The fourth-order valence-electron chi connectivity index (χ4n) is 12.6. The third kappa shape index (κ3) is 9.72. The monoisotopic (exact) mass is 1090 g/mol. The summed E-state index contributed by atoms with van der Waals surface area (Å²) in [6.45, 7) is 14.6. The Morgan fingerprint density at radius 2 is 1.56 bits per heavy atom. The predicted octanol–water partition coefficient (Wildman–Crippen LogP) is 5.68. The van der Waals surface area contributed by atoms with E-state index in [9.17, 15) is 43.4 Å². The van der Waals surface area contributed by atoms with E-state index in [1.54, 1.807) is 49.5 Å². The maximum Gasteiger partial charge on any atom is 0.471 e. The fraction of sp³-hybridized carbons (Fsp3) is 0.455. The van der Waals surface area contributed by atoms with Crippen LogP contribution in [0.15, 0.2) is 67.1 Å². The highest BCUT2D eigenvalue weighted by Crippen LogP contribution is 2.43. The molecule has 3 saturated heterocycles. The van der Waals surface area contributed by atoms with Crippen molar-refractivity contribution in [2.45, 2.75) is 110 Å². The van der Waals surface area contributed by atoms with Gasteiger partial charge in [-0.15, -0.1) is 0 Å². The Kier molecular flexibility index (Phi) is 13.8. The Balaban J connectivity index is 0.709. The van der Waals surface area contributed by atoms with Crippen molar-refractivity contribution in [3.8, 4) is 17.0 Å². The second-order valence-corrected chi connectivity index (χ2v) is 23.2. The zero-order valence-corrected chi connectivity index (χ0v) is 45.4. The first-order chi connectivity index (χ1) is 37.2. The van der Waals surface area contributed by atoms with Gasteiger partial charge in [0.15, 0.2) is 0 Å². The Morgan fingerprint density at radius 3 is 2.27 bits per heavy atom. The van der Waals surface area contributed by atoms with Crippen LogP contribution in [0, 0.1) is 5.41 Å². The van der Waals surface area contributed by atoms with Gasteiger partial charge in [0.2, 0.25) is 11.8 Å². The van der Waals surface area contributed by atoms with Gasteiger partial charge < -0.3 is 39.3 Å². The van der Waals surface area contributed by atoms with Crippen LogP contribution in [0.2, 0.25) is 0 Å². The molecule has 6 aliphatic rings. The molecule has 4 N–H and O–H groups in total. The predicted molar refractivity (Wildman–Crippen MR) is 287 cm³/mol. The molecule has 1 aliphatic carbocycles. The summed E-state index contributed by atoms with van der Waals surface area (Å²) in [5.74, 6) is -1.77. The molecule has 4 atom stereocenters. The van der Waals surface area contributed by atoms with E-state index in [1.807, 2.05) is 36.5 Å². The molecule has 0 bridgehead atoms. The van der Waals surface area contributed by atoms with Gasteiger partial charge in [-0.25, -0.2) is 19.5 Å². The zero-order valence-electron chi connectivity index (χ0n) is 44.5. The van der Waals surface area contributed by atoms with Gasteiger partial charge in [0.25, 0.3) is 23.6 Å². The number of benzene rings is 1. The van der Waals surface area contributed by atoms with Crippen molar-refractivity contribution in [1.29, 1.82) is 0 Å². The van der Waals surface area contributed by atoms with Crippen LogP contribution in [-0.2, 0) is 38.1 Å². The second-order valence-electron chi connectivity index (χ2n) is 22.0. The van der Waals surface area contributed by atoms with E-state index in [4.69, 9.17) is 9.72 Å². The van der Waals surface area contributed by atoms with Crippen LogP contribution in [-0.4, -0.2) is 149 Å². The molecule has 3 fully saturated rings. The summed E-state index contributed by atoms with van der Waals surface area (Å²) in [7, 11) is -3.51. The molecule has 0 saturated carbocycles. The number of carbonyl (C=O) groups excluding carboxylic acids is 5. The highest BCUT2D eigenvalue weighted by molar-refractivity contribution is 7.46. The molecule has 4 aromatic heterocycles. The van der Waals surface area contributed by atoms with Gasteiger partial charge in [-0.1, -0.05) is 13.8 Å². The van der Waals surface area contributed by atoms with E-state index in [-0.39, 0.29) is 41.3 Å². The number of phosphoric acid groups is 1. The molecule has 410 valence electrons. The van der Waals surface area contributed by atoms with Gasteiger partial charge in [0, 0.05) is 99.2 Å². The number of aliphatic hydroxyl groups is 1. The Hall–Kier alpha value is -7.07. The molecule has 5 aliphatic heterocycles. The average molecular weight is 1090 g/mol. The first-order valence-electron chi connectivity index (χ1n) is 26.5. The molecule has 78 heavy (non-hydrogen) atoms. The number of hydrogen-bond donors (Lipinski definition) is 4. The maximum absolute atomic E-state index is 14.1. The Morgan fingerprint density at radius 1 is 0.808 bits per heavy atom. The minimum Gasteiger partial charge on any atom is -0.480 e. The molecule has 0 spiro atoms. The lowest BCUT2D eigenvalue weighted by atomic mass is 9.90. The number of nitrogens with one attached hydrogen (secondary N) is 1. The summed E-state index contributed by atoms with van der Waals surface area (Å²) in [4.78, 5) is 111. The quantitative estimate of drug-likeness (QED) is 0.0817. The molecular weight excluding hydrogens is 1020 g/mol. The number of piperidine rings is 2. The molecule has 9 heterocycles. The van der Waals surface area contributed by atoms with E-state index in [2.05, 4.69) is 59.8 Å². The lowest BCUT2D eigenvalue weighted by molar-refractivity contribution is -0.161. The van der Waals surface area contributed by atoms with E-state index >= 15 is 0 Å². The molecule has 5 amide bonds. The number of rotatable bonds is 13. The van der Waals surface area contributed by atoms with Crippen molar-refractivity contribution in [2.24, 2.45) is 5.41 Å². The maximum atomic E-state index is 14.1. The van der Waals surface area contributed by atoms with Gasteiger partial charge in [-0.2, -0.15) is 0 Å². The number of nitrogens with zero attached hydrogens (tertiary/aromatic N) is 10. The molecule has 11 rings (SSSR count). The van der Waals surface area contributed by atoms with Crippen molar-refractivity contribution in [3.63, 3.8) is 0 Å². The number of likely N-dealkylation sites (tertiary alicyclic amines) is 1. The summed E-state index contributed by atoms with van der Waals surface area (Å²) in [6.07, 6.45) is 5.94. The number of anilines is 5. The number of phosphoric ester groups is 1. The number of amides is 5. The minimum absolute atomic E-state index is 0.118. The average Bonchev–Trinajstić information content (AvgIpc) is 4.17. The number of methoxy groups -OCH3 is 1. The smallest absolute Gasteiger partial charge is 0.471 e. The van der Waals surface area contributed by atoms with Crippen LogP contribution in [0.5, 0.6) is 5.88 Å². The third-order valence-electron chi connectivity index (χ3n) is 16.3. The number of carbonyl (C=O) groups is 5. The SMILES string of the molecule is COc1ncc(-c2ccnc(N3CCn4c(cc5c4CC(C)(C)C5)C3=O)c2C(C)O)cc1Nc1ccc(N2CCN(C3CCN(c4ccc5c(c4)C(=O)N(C4CCC(=O)N(C(C)OP(=O)(O)O)C4=O)C5=O)CC3)C[C@@H]2C)cn1. The van der Waals surface area contributed by atoms with Crippen LogP contribution >= 0.6 is 7.82 Å². The standard InChI is InChI=1S/C55H64N11O11P/c1-31-30-61(36-14-17-60(18-15-36)37-7-9-40-41(25-37)52(70)66(51(40)69)43-10-12-47(68)65(54(43)72)33(3)77-78(73,74)75)19-20-62(31)38-8-11-46(57-29-38)59-42-23-35(28-58-50(42)76-6)39-13-16-56-49(48(39)32(2)67)64-22-21-63-44(53(64)71)24-34-26-55(4,5)27-45(34)63/h7-9,11,13,16,23-25,28-29,31-33,36,43,67H,10,12,14-15,17-22,26-27,30H2,1-6H3,(H,57,59)(H2,73,74,75)/t31-,32?,33?,43?/m0/s1. The van der Waals surface area contributed by atoms with Crippen LogP contribution in [0.25, 0.3) is 11.1 Å². The van der Waals surface area contributed by atoms with Gasteiger partial charge in [0.05, 0.1) is 36.2 Å². The van der Waals surface area contributed by atoms with E-state index in [0.29, 0.717) is 69.6 Å². The lowest BCUT2D eigenvalue weighted by Crippen LogP contribution is -2.58. The fourth-order valence-corrected chi connectivity index (χ4v) is 13.1. The first kappa shape index (κ1) is 53.0. The van der Waals surface area contributed by atoms with Crippen molar-refractivity contribution < 1.29 is 52.7 Å². The number of fused-ring (bicyclic) bond motifs is 4. The van der Waals surface area contributed by atoms with E-state index in [1.165, 1.54) is 11.3 Å². The number of aliphatic hydroxyl groups excluding tert-OH is 1. The summed E-state index contributed by atoms with van der Waals surface area (Å²) in [6, 6.07) is 14.0. The number of ether oxygens (including phenoxy) is 1. The van der Waals surface area contributed by atoms with Crippen LogP contribution in [0.3, 0.4) is 0 Å². The molecule has 1 aromatic carbocycles. The number of pyridine rings is 3. The molecule has 0 radical (unpaired) electrons. The van der Waals surface area contributed by atoms with E-state index in [0.717, 1.165) is 81.6 Å².